The number of nitrogens with one attached hydrogen (secondary N) is 12. The van der Waals surface area contributed by atoms with Crippen molar-refractivity contribution < 1.29 is 82.4 Å². The fraction of sp³-hybridized carbons (Fsp3) is 0.551. The van der Waals surface area contributed by atoms with E-state index in [9.17, 15) is 68.1 Å². The molecule has 6 rings (SSSR count). The van der Waals surface area contributed by atoms with Crippen molar-refractivity contribution in [1.29, 1.82) is 0 Å². The first-order valence-electron chi connectivity index (χ1n) is 38.0. The zero-order chi connectivity index (χ0) is 81.9. The number of benzene rings is 2. The summed E-state index contributed by atoms with van der Waals surface area (Å²) in [6, 6.07) is 1.24. The zero-order valence-electron chi connectivity index (χ0n) is 64.8. The van der Waals surface area contributed by atoms with Crippen molar-refractivity contribution in [2.75, 3.05) is 13.1 Å². The Bertz CT molecular complexity index is 3950. The van der Waals surface area contributed by atoms with Crippen LogP contribution in [0.1, 0.15) is 175 Å². The Morgan fingerprint density at radius 2 is 1.35 bits per heavy atom. The number of phenolic OH excluding ortho intramolecular Hbond substituents is 2. The zero-order valence-corrected chi connectivity index (χ0v) is 64.8. The van der Waals surface area contributed by atoms with Crippen molar-refractivity contribution in [2.24, 2.45) is 22.8 Å². The third-order valence-corrected chi connectivity index (χ3v) is 19.7. The summed E-state index contributed by atoms with van der Waals surface area (Å²) in [5.74, 6) is -11.5. The maximum absolute atomic E-state index is 15.4. The van der Waals surface area contributed by atoms with Gasteiger partial charge in [0.15, 0.2) is 0 Å². The van der Waals surface area contributed by atoms with Crippen LogP contribution in [-0.2, 0) is 86.4 Å². The molecule has 4 aromatic rings. The number of aromatic hydroxyl groups is 2. The van der Waals surface area contributed by atoms with E-state index in [0.29, 0.717) is 66.2 Å². The van der Waals surface area contributed by atoms with Gasteiger partial charge in [-0.25, -0.2) is 4.98 Å². The largest absolute Gasteiger partial charge is 0.508 e. The average molecular weight is 1550 g/mol. The molecule has 2 aliphatic heterocycles. The van der Waals surface area contributed by atoms with Gasteiger partial charge in [0, 0.05) is 69.4 Å². The second-order valence-electron chi connectivity index (χ2n) is 30.1. The van der Waals surface area contributed by atoms with Gasteiger partial charge in [-0.1, -0.05) is 77.5 Å². The topological polar surface area (TPSA) is 516 Å². The van der Waals surface area contributed by atoms with Gasteiger partial charge in [-0.15, -0.1) is 0 Å². The van der Waals surface area contributed by atoms with Crippen molar-refractivity contribution in [3.63, 3.8) is 0 Å². The number of aromatic amines is 1. The molecule has 1 fully saturated rings. The van der Waals surface area contributed by atoms with Crippen LogP contribution in [0.4, 0.5) is 0 Å². The number of rotatable bonds is 18. The molecule has 0 spiro atoms. The summed E-state index contributed by atoms with van der Waals surface area (Å²) in [5, 5.41) is 62.0. The number of aromatic nitrogens is 2. The Kier molecular flexibility index (Phi) is 33.9. The first-order valence-corrected chi connectivity index (χ1v) is 38.0. The van der Waals surface area contributed by atoms with Crippen molar-refractivity contribution in [1.82, 2.24) is 73.4 Å². The number of carbonyl (C=O) groups is 14. The van der Waals surface area contributed by atoms with E-state index < -0.39 is 160 Å². The average Bonchev–Trinajstić information content (AvgIpc) is 1.77. The van der Waals surface area contributed by atoms with Gasteiger partial charge in [0.05, 0.1) is 6.10 Å². The van der Waals surface area contributed by atoms with E-state index in [1.165, 1.54) is 87.3 Å². The molecule has 33 heteroatoms. The van der Waals surface area contributed by atoms with Crippen LogP contribution in [0.5, 0.6) is 11.5 Å². The number of fused-ring (bicyclic) bond motifs is 2. The van der Waals surface area contributed by atoms with E-state index in [0.717, 1.165) is 0 Å². The van der Waals surface area contributed by atoms with Crippen LogP contribution < -0.4 is 70.0 Å². The lowest BCUT2D eigenvalue weighted by molar-refractivity contribution is -0.143. The van der Waals surface area contributed by atoms with E-state index in [1.807, 2.05) is 6.08 Å². The molecule has 14 amide bonds. The lowest BCUT2D eigenvalue weighted by Crippen LogP contribution is -2.65. The van der Waals surface area contributed by atoms with Gasteiger partial charge < -0.3 is 95.2 Å². The highest BCUT2D eigenvalue weighted by atomic mass is 16.3. The number of primary amides is 2. The Hall–Kier alpha value is -11.0. The van der Waals surface area contributed by atoms with E-state index in [4.69, 9.17) is 11.5 Å². The summed E-state index contributed by atoms with van der Waals surface area (Å²) >= 11 is 0. The van der Waals surface area contributed by atoms with E-state index in [1.54, 1.807) is 59.0 Å². The highest BCUT2D eigenvalue weighted by molar-refractivity contribution is 6.01. The first kappa shape index (κ1) is 88.9. The molecule has 4 heterocycles. The van der Waals surface area contributed by atoms with Gasteiger partial charge in [-0.05, 0) is 163 Å². The lowest BCUT2D eigenvalue weighted by Gasteiger charge is -2.34. The molecular formula is C78H112N16O17. The SMILES string of the molecule is CCC[C@H](NC(=O)[C@H](Cc1ccc(O)cc1)NC(=O)[C@H](C)NC(=O)[C@]1(C)CCC=CCCC[C@@H](C)C(=O)N[C@H](C(N)=O)CCCCNC(=O)CCC[C@H](NC(C)=O)C(=O)N[C@@H](C(C)(C)C)C(=O)N[C@@H](Cc2ccc(O)cc2)C(=O)N2CCC[C@H]2C(=O)N[C@@H]([C@@H](C)O)C(=O)N[C@@H](Cc2c[nH]c3ncccc23)C(=O)N1)C(N)=O. The molecule has 0 bridgehead atoms. The van der Waals surface area contributed by atoms with Gasteiger partial charge in [-0.2, -0.15) is 0 Å². The van der Waals surface area contributed by atoms with Crippen molar-refractivity contribution in [2.45, 2.75) is 250 Å². The van der Waals surface area contributed by atoms with Crippen LogP contribution in [0.25, 0.3) is 11.0 Å². The fourth-order valence-electron chi connectivity index (χ4n) is 13.2. The number of nitrogens with zero attached hydrogens (tertiary/aromatic N) is 2. The molecule has 2 aromatic carbocycles. The molecule has 13 atom stereocenters. The summed E-state index contributed by atoms with van der Waals surface area (Å²) in [6.07, 6.45) is 7.48. The molecule has 0 aliphatic carbocycles. The van der Waals surface area contributed by atoms with E-state index >= 15 is 14.4 Å². The maximum atomic E-state index is 15.4. The van der Waals surface area contributed by atoms with Crippen LogP contribution in [0, 0.1) is 11.3 Å². The molecule has 1 saturated heterocycles. The second-order valence-corrected chi connectivity index (χ2v) is 30.1. The molecule has 0 unspecified atom stereocenters. The molecule has 19 N–H and O–H groups in total. The number of allylic oxidation sites excluding steroid dienone is 2. The standard InChI is InChI=1S/C78H112N16O17/c1-10-21-54(64(79)100)87-70(105)57(40-48-28-32-51(97)33-29-48)88-68(103)45(3)84-76(111)78(9)36-16-13-11-12-14-22-44(2)67(102)86-55(65(80)101)24-15-17-37-81-61(99)27-18-25-56(85-47(5)96)69(104)92-63(77(6,7)8)74(109)90-59(41-49-30-34-52(98)35-31-49)75(110)94-39-20-26-60(94)72(107)91-62(46(4)95)73(108)89-58(71(106)93-78)42-50-43-83-66-53(50)23-19-38-82-66/h11,13,19,23,28-35,38,43-46,54-60,62-63,95,97-98H,10,12,14-18,20-22,24-27,36-37,39-42H2,1-9H3,(H2,79,100)(H2,80,101)(H,81,99)(H,82,83)(H,84,111)(H,85,96)(H,86,102)(H,87,105)(H,88,103)(H,89,108)(H,90,109)(H,91,107)(H,92,104)(H,93,106)/t44-,45+,46-,54+,55+,56+,57+,58+,59+,60+,62+,63-,78+/m1/s1. The monoisotopic (exact) mass is 1540 g/mol. The fourth-order valence-corrected chi connectivity index (χ4v) is 13.2. The highest BCUT2D eigenvalue weighted by Crippen LogP contribution is 2.26. The number of carbonyl (C=O) groups excluding carboxylic acids is 14. The highest BCUT2D eigenvalue weighted by Gasteiger charge is 2.44. The lowest BCUT2D eigenvalue weighted by atomic mass is 9.85. The number of amides is 14. The second kappa shape index (κ2) is 42.3. The molecular weight excluding hydrogens is 1430 g/mol. The predicted molar refractivity (Wildman–Crippen MR) is 410 cm³/mol. The van der Waals surface area contributed by atoms with Crippen LogP contribution in [0.2, 0.25) is 0 Å². The first-order chi connectivity index (χ1) is 52.5. The van der Waals surface area contributed by atoms with Crippen LogP contribution in [0.3, 0.4) is 0 Å². The summed E-state index contributed by atoms with van der Waals surface area (Å²) < 4.78 is 0. The van der Waals surface area contributed by atoms with Gasteiger partial charge in [0.2, 0.25) is 82.7 Å². The summed E-state index contributed by atoms with van der Waals surface area (Å²) in [5.41, 5.74) is 10.2. The van der Waals surface area contributed by atoms with Gasteiger partial charge in [0.1, 0.15) is 83.1 Å². The number of hydrogen-bond donors (Lipinski definition) is 17. The van der Waals surface area contributed by atoms with Gasteiger partial charge in [0.25, 0.3) is 0 Å². The number of hydrogen-bond acceptors (Lipinski definition) is 18. The number of nitrogens with two attached hydrogens (primary N) is 2. The molecule has 606 valence electrons. The number of H-pyrrole nitrogens is 1. The Morgan fingerprint density at radius 1 is 0.694 bits per heavy atom. The molecule has 2 aromatic heterocycles. The molecule has 2 aliphatic rings. The third kappa shape index (κ3) is 27.5. The van der Waals surface area contributed by atoms with Crippen LogP contribution in [0.15, 0.2) is 85.2 Å². The minimum atomic E-state index is -1.96. The summed E-state index contributed by atoms with van der Waals surface area (Å²) in [7, 11) is 0. The minimum Gasteiger partial charge on any atom is -0.508 e. The summed E-state index contributed by atoms with van der Waals surface area (Å²) in [6.45, 7) is 13.8. The molecule has 111 heavy (non-hydrogen) atoms. The van der Waals surface area contributed by atoms with Crippen molar-refractivity contribution in [3.8, 4) is 11.5 Å². The van der Waals surface area contributed by atoms with Crippen LogP contribution >= 0.6 is 0 Å². The predicted octanol–water partition coefficient (Wildman–Crippen LogP) is 1.08. The number of aliphatic hydroxyl groups excluding tert-OH is 1. The molecule has 0 saturated carbocycles. The quantitative estimate of drug-likeness (QED) is 0.0620. The Morgan fingerprint density at radius 3 is 1.99 bits per heavy atom. The minimum absolute atomic E-state index is 0.0271. The van der Waals surface area contributed by atoms with Crippen molar-refractivity contribution in [3.05, 3.63) is 102 Å². The van der Waals surface area contributed by atoms with E-state index in [2.05, 4.69) is 68.5 Å². The van der Waals surface area contributed by atoms with Gasteiger partial charge in [-0.3, -0.25) is 67.1 Å². The summed E-state index contributed by atoms with van der Waals surface area (Å²) in [4.78, 5) is 205. The van der Waals surface area contributed by atoms with Crippen LogP contribution in [-0.4, -0.2) is 198 Å². The molecule has 33 nitrogen and oxygen atoms in total. The number of aliphatic hydroxyl groups is 1. The van der Waals surface area contributed by atoms with Crippen molar-refractivity contribution >= 4 is 93.7 Å². The third-order valence-electron chi connectivity index (χ3n) is 19.7. The van der Waals surface area contributed by atoms with E-state index in [-0.39, 0.29) is 108 Å². The smallest absolute Gasteiger partial charge is 0.246 e. The number of pyridine rings is 1. The number of phenols is 2. The molecule has 0 radical (unpaired) electrons. The Balaban J connectivity index is 1.36. The van der Waals surface area contributed by atoms with Gasteiger partial charge >= 0.3 is 0 Å². The maximum Gasteiger partial charge on any atom is 0.246 e. The Labute approximate surface area is 646 Å². The normalized spacial score (nSPS) is 23.9.